The third kappa shape index (κ3) is 4.30. The number of ether oxygens (including phenoxy) is 3. The van der Waals surface area contributed by atoms with Crippen LogP contribution in [0.25, 0.3) is 0 Å². The Morgan fingerprint density at radius 2 is 1.78 bits per heavy atom. The van der Waals surface area contributed by atoms with Crippen LogP contribution in [0.3, 0.4) is 0 Å². The average Bonchev–Trinajstić information content (AvgIpc) is 3.40. The zero-order valence-electron chi connectivity index (χ0n) is 25.6. The van der Waals surface area contributed by atoms with Crippen molar-refractivity contribution in [1.82, 2.24) is 0 Å². The minimum absolute atomic E-state index is 0.109. The smallest absolute Gasteiger partial charge is 0.186 e. The van der Waals surface area contributed by atoms with Gasteiger partial charge in [0, 0.05) is 6.61 Å². The lowest BCUT2D eigenvalue weighted by molar-refractivity contribution is -0.313. The number of hydrogen-bond acceptors (Lipinski definition) is 7. The molecule has 7 nitrogen and oxygen atoms in total. The molecule has 0 aromatic rings. The average molecular weight is 575 g/mol. The van der Waals surface area contributed by atoms with E-state index in [1.165, 1.54) is 44.1 Å². The van der Waals surface area contributed by atoms with Crippen molar-refractivity contribution in [1.29, 1.82) is 0 Å². The van der Waals surface area contributed by atoms with E-state index in [1.54, 1.807) is 0 Å². The van der Waals surface area contributed by atoms with Gasteiger partial charge in [-0.2, -0.15) is 0 Å². The first-order valence-electron chi connectivity index (χ1n) is 16.8. The Morgan fingerprint density at radius 3 is 2.51 bits per heavy atom. The molecule has 0 aromatic heterocycles. The van der Waals surface area contributed by atoms with E-state index in [-0.39, 0.29) is 17.1 Å². The van der Waals surface area contributed by atoms with Gasteiger partial charge in [0.15, 0.2) is 6.29 Å². The van der Waals surface area contributed by atoms with Gasteiger partial charge in [-0.1, -0.05) is 39.3 Å². The van der Waals surface area contributed by atoms with Crippen LogP contribution in [-0.4, -0.2) is 76.1 Å². The van der Waals surface area contributed by atoms with Gasteiger partial charge in [-0.15, -0.1) is 0 Å². The number of rotatable bonds is 3. The second kappa shape index (κ2) is 10.3. The zero-order chi connectivity index (χ0) is 28.9. The molecule has 0 radical (unpaired) electrons. The summed E-state index contributed by atoms with van der Waals surface area (Å²) in [6.45, 7) is 10.6. The van der Waals surface area contributed by atoms with Crippen molar-refractivity contribution in [3.05, 3.63) is 11.6 Å². The largest absolute Gasteiger partial charge is 0.394 e. The summed E-state index contributed by atoms with van der Waals surface area (Å²) in [5.74, 6) is 5.24. The molecule has 1 spiro atoms. The SMILES string of the molecule is C[C@@H]1CC[C@]2(C[C@H]3C[C@H]4[C@@H]5CC=C6C[C@@H](O[C@@H]7O[C@H](CO)[C@@H](O)[C@H](O)[C@H]7O)CC[C@]6(C)[C@H]5CC[C@]4(C)[C@H]3[C@@H]2C)OC1. The van der Waals surface area contributed by atoms with Gasteiger partial charge in [-0.05, 0) is 116 Å². The number of allylic oxidation sites excluding steroid dienone is 1. The number of hydrogen-bond donors (Lipinski definition) is 4. The summed E-state index contributed by atoms with van der Waals surface area (Å²) in [6.07, 6.45) is 8.16. The molecule has 2 saturated heterocycles. The van der Waals surface area contributed by atoms with Crippen molar-refractivity contribution in [2.45, 2.75) is 134 Å². The molecule has 16 atom stereocenters. The van der Waals surface area contributed by atoms with Crippen LogP contribution in [0.1, 0.15) is 91.9 Å². The van der Waals surface area contributed by atoms with Crippen LogP contribution < -0.4 is 0 Å². The Morgan fingerprint density at radius 1 is 0.976 bits per heavy atom. The van der Waals surface area contributed by atoms with Gasteiger partial charge in [-0.25, -0.2) is 0 Å². The summed E-state index contributed by atoms with van der Waals surface area (Å²) in [4.78, 5) is 0. The fourth-order valence-corrected chi connectivity index (χ4v) is 12.0. The summed E-state index contributed by atoms with van der Waals surface area (Å²) < 4.78 is 18.6. The third-order valence-corrected chi connectivity index (χ3v) is 14.2. The quantitative estimate of drug-likeness (QED) is 0.374. The molecule has 0 amide bonds. The maximum absolute atomic E-state index is 10.5. The highest BCUT2D eigenvalue weighted by atomic mass is 16.7. The lowest BCUT2D eigenvalue weighted by Gasteiger charge is -2.59. The van der Waals surface area contributed by atoms with Gasteiger partial charge in [0.25, 0.3) is 0 Å². The van der Waals surface area contributed by atoms with Crippen LogP contribution in [0, 0.1) is 52.3 Å². The molecule has 7 rings (SSSR count). The molecule has 2 aliphatic heterocycles. The van der Waals surface area contributed by atoms with Crippen LogP contribution >= 0.6 is 0 Å². The summed E-state index contributed by atoms with van der Waals surface area (Å²) >= 11 is 0. The van der Waals surface area contributed by atoms with E-state index < -0.39 is 37.3 Å². The summed E-state index contributed by atoms with van der Waals surface area (Å²) in [6, 6.07) is 0. The van der Waals surface area contributed by atoms with E-state index in [4.69, 9.17) is 14.2 Å². The van der Waals surface area contributed by atoms with Gasteiger partial charge in [0.1, 0.15) is 24.4 Å². The van der Waals surface area contributed by atoms with Crippen molar-refractivity contribution in [2.24, 2.45) is 52.3 Å². The first-order chi connectivity index (χ1) is 19.5. The topological polar surface area (TPSA) is 109 Å². The van der Waals surface area contributed by atoms with Crippen LogP contribution in [0.4, 0.5) is 0 Å². The van der Waals surface area contributed by atoms with Crippen LogP contribution in [-0.2, 0) is 14.2 Å². The highest BCUT2D eigenvalue weighted by molar-refractivity contribution is 5.26. The first kappa shape index (κ1) is 29.2. The first-order valence-corrected chi connectivity index (χ1v) is 16.8. The Bertz CT molecular complexity index is 1020. The molecule has 6 fully saturated rings. The van der Waals surface area contributed by atoms with E-state index in [1.807, 2.05) is 0 Å². The molecular weight excluding hydrogens is 520 g/mol. The number of fused-ring (bicyclic) bond motifs is 7. The predicted octanol–water partition coefficient (Wildman–Crippen LogP) is 4.20. The molecule has 0 aromatic carbocycles. The monoisotopic (exact) mass is 574 g/mol. The van der Waals surface area contributed by atoms with Crippen molar-refractivity contribution in [2.75, 3.05) is 13.2 Å². The molecule has 41 heavy (non-hydrogen) atoms. The van der Waals surface area contributed by atoms with Gasteiger partial charge in [-0.3, -0.25) is 0 Å². The van der Waals surface area contributed by atoms with Crippen LogP contribution in [0.5, 0.6) is 0 Å². The Balaban J connectivity index is 1.05. The number of aliphatic hydroxyl groups is 4. The zero-order valence-corrected chi connectivity index (χ0v) is 25.6. The van der Waals surface area contributed by atoms with Gasteiger partial charge < -0.3 is 34.6 Å². The maximum atomic E-state index is 10.5. The molecule has 5 aliphatic carbocycles. The van der Waals surface area contributed by atoms with E-state index in [9.17, 15) is 20.4 Å². The summed E-state index contributed by atoms with van der Waals surface area (Å²) in [7, 11) is 0. The normalized spacial score (nSPS) is 58.3. The standard InChI is InChI=1S/C34H54O7/c1-18-7-12-34(39-17-18)15-20-13-25-23-6-5-21-14-22(40-31-30(38)29(37)28(36)26(16-35)41-31)8-10-32(21,3)24(23)9-11-33(25,4)27(20)19(34)2/h5,18-20,22-31,35-38H,6-17H2,1-4H3/t18-,19+,20-,22+,23-,24+,25+,26-,27+,28-,29+,30-,31-,32+,33+,34-/m1/s1. The molecule has 4 N–H and O–H groups in total. The van der Waals surface area contributed by atoms with Gasteiger partial charge in [0.2, 0.25) is 0 Å². The van der Waals surface area contributed by atoms with Gasteiger partial charge in [0.05, 0.1) is 18.3 Å². The van der Waals surface area contributed by atoms with E-state index in [0.29, 0.717) is 23.2 Å². The predicted molar refractivity (Wildman–Crippen MR) is 154 cm³/mol. The Labute approximate surface area is 246 Å². The fourth-order valence-electron chi connectivity index (χ4n) is 12.0. The van der Waals surface area contributed by atoms with Crippen molar-refractivity contribution >= 4 is 0 Å². The van der Waals surface area contributed by atoms with E-state index >= 15 is 0 Å². The molecule has 7 heteroatoms. The van der Waals surface area contributed by atoms with Crippen molar-refractivity contribution < 1.29 is 34.6 Å². The summed E-state index contributed by atoms with van der Waals surface area (Å²) in [5, 5.41) is 40.4. The minimum atomic E-state index is -1.40. The molecule has 232 valence electrons. The molecular formula is C34H54O7. The second-order valence-electron chi connectivity index (χ2n) is 16.0. The third-order valence-electron chi connectivity index (χ3n) is 14.2. The fraction of sp³-hybridized carbons (Fsp3) is 0.941. The van der Waals surface area contributed by atoms with Crippen LogP contribution in [0.15, 0.2) is 11.6 Å². The van der Waals surface area contributed by atoms with Crippen molar-refractivity contribution in [3.63, 3.8) is 0 Å². The molecule has 2 heterocycles. The minimum Gasteiger partial charge on any atom is -0.394 e. The second-order valence-corrected chi connectivity index (χ2v) is 16.0. The molecule has 7 aliphatic rings. The lowest BCUT2D eigenvalue weighted by Crippen LogP contribution is -2.60. The lowest BCUT2D eigenvalue weighted by atomic mass is 9.46. The number of aliphatic hydroxyl groups excluding tert-OH is 4. The van der Waals surface area contributed by atoms with Gasteiger partial charge >= 0.3 is 0 Å². The van der Waals surface area contributed by atoms with E-state index in [0.717, 1.165) is 56.0 Å². The molecule has 0 bridgehead atoms. The summed E-state index contributed by atoms with van der Waals surface area (Å²) in [5.41, 5.74) is 2.25. The maximum Gasteiger partial charge on any atom is 0.186 e. The molecule has 4 saturated carbocycles. The Hall–Kier alpha value is -0.540. The van der Waals surface area contributed by atoms with E-state index in [2.05, 4.69) is 33.8 Å². The van der Waals surface area contributed by atoms with Crippen molar-refractivity contribution in [3.8, 4) is 0 Å². The highest BCUT2D eigenvalue weighted by Crippen LogP contribution is 2.72. The highest BCUT2D eigenvalue weighted by Gasteiger charge is 2.67. The molecule has 0 unspecified atom stereocenters. The Kier molecular flexibility index (Phi) is 7.30. The van der Waals surface area contributed by atoms with Crippen LogP contribution in [0.2, 0.25) is 0 Å².